The van der Waals surface area contributed by atoms with Crippen molar-refractivity contribution in [3.63, 3.8) is 0 Å². The molecule has 1 atom stereocenters. The summed E-state index contributed by atoms with van der Waals surface area (Å²) in [4.78, 5) is 0. The number of rotatable bonds is 5. The summed E-state index contributed by atoms with van der Waals surface area (Å²) >= 11 is 1.63. The first kappa shape index (κ1) is 12.1. The Morgan fingerprint density at radius 1 is 1.24 bits per heavy atom. The van der Waals surface area contributed by atoms with Gasteiger partial charge in [-0.15, -0.1) is 0 Å². The van der Waals surface area contributed by atoms with Crippen LogP contribution in [0.15, 0.2) is 41.1 Å². The second-order valence-corrected chi connectivity index (χ2v) is 4.48. The van der Waals surface area contributed by atoms with E-state index >= 15 is 0 Å². The van der Waals surface area contributed by atoms with E-state index in [4.69, 9.17) is 15.6 Å². The molecule has 1 aromatic carbocycles. The van der Waals surface area contributed by atoms with Crippen LogP contribution in [0, 0.1) is 0 Å². The number of benzene rings is 1. The number of ether oxygens (including phenoxy) is 1. The summed E-state index contributed by atoms with van der Waals surface area (Å²) in [6.45, 7) is 0.490. The first-order chi connectivity index (χ1) is 8.33. The lowest BCUT2D eigenvalue weighted by Gasteiger charge is -2.16. The molecule has 1 aromatic heterocycles. The standard InChI is InChI=1S/C13H15NO2S/c14-7-13(11-5-6-17-9-11)16-12-3-1-10(8-15)2-4-12/h1-6,9,13,15H,7-8,14H2. The first-order valence-corrected chi connectivity index (χ1v) is 6.36. The highest BCUT2D eigenvalue weighted by molar-refractivity contribution is 7.07. The van der Waals surface area contributed by atoms with Gasteiger partial charge in [0.1, 0.15) is 11.9 Å². The van der Waals surface area contributed by atoms with E-state index in [0.717, 1.165) is 16.9 Å². The molecular formula is C13H15NO2S. The molecule has 0 fully saturated rings. The van der Waals surface area contributed by atoms with Gasteiger partial charge in [-0.25, -0.2) is 0 Å². The van der Waals surface area contributed by atoms with Crippen LogP contribution >= 0.6 is 11.3 Å². The Labute approximate surface area is 104 Å². The Hall–Kier alpha value is -1.36. The molecule has 3 nitrogen and oxygen atoms in total. The molecule has 1 heterocycles. The number of nitrogens with two attached hydrogens (primary N) is 1. The zero-order chi connectivity index (χ0) is 12.1. The van der Waals surface area contributed by atoms with Crippen LogP contribution < -0.4 is 10.5 Å². The molecule has 2 rings (SSSR count). The fourth-order valence-corrected chi connectivity index (χ4v) is 2.25. The van der Waals surface area contributed by atoms with Gasteiger partial charge >= 0.3 is 0 Å². The summed E-state index contributed by atoms with van der Waals surface area (Å²) in [7, 11) is 0. The van der Waals surface area contributed by atoms with Crippen LogP contribution in [0.1, 0.15) is 17.2 Å². The summed E-state index contributed by atoms with van der Waals surface area (Å²) in [5, 5.41) is 13.0. The first-order valence-electron chi connectivity index (χ1n) is 5.42. The molecule has 0 spiro atoms. The Morgan fingerprint density at radius 2 is 2.00 bits per heavy atom. The summed E-state index contributed by atoms with van der Waals surface area (Å²) in [6, 6.07) is 9.40. The van der Waals surface area contributed by atoms with Gasteiger partial charge < -0.3 is 15.6 Å². The minimum atomic E-state index is -0.110. The van der Waals surface area contributed by atoms with Crippen LogP contribution in [0.25, 0.3) is 0 Å². The average molecular weight is 249 g/mol. The highest BCUT2D eigenvalue weighted by Crippen LogP contribution is 2.23. The minimum absolute atomic E-state index is 0.0468. The molecule has 4 heteroatoms. The molecule has 3 N–H and O–H groups in total. The Balaban J connectivity index is 2.07. The Bertz CT molecular complexity index is 439. The van der Waals surface area contributed by atoms with Crippen LogP contribution in [-0.4, -0.2) is 11.7 Å². The molecule has 0 saturated heterocycles. The number of hydrogen-bond donors (Lipinski definition) is 2. The molecular weight excluding hydrogens is 234 g/mol. The quantitative estimate of drug-likeness (QED) is 0.855. The van der Waals surface area contributed by atoms with Gasteiger partial charge in [0.25, 0.3) is 0 Å². The van der Waals surface area contributed by atoms with Crippen molar-refractivity contribution < 1.29 is 9.84 Å². The van der Waals surface area contributed by atoms with E-state index in [1.54, 1.807) is 11.3 Å². The summed E-state index contributed by atoms with van der Waals surface area (Å²) < 4.78 is 5.81. The third-order valence-electron chi connectivity index (χ3n) is 2.51. The third kappa shape index (κ3) is 3.06. The predicted molar refractivity (Wildman–Crippen MR) is 69.1 cm³/mol. The number of aliphatic hydroxyl groups is 1. The van der Waals surface area contributed by atoms with Gasteiger partial charge in [0.05, 0.1) is 6.61 Å². The van der Waals surface area contributed by atoms with Gasteiger partial charge in [0, 0.05) is 12.1 Å². The lowest BCUT2D eigenvalue weighted by Crippen LogP contribution is -2.17. The molecule has 1 unspecified atom stereocenters. The van der Waals surface area contributed by atoms with Crippen molar-refractivity contribution in [3.8, 4) is 5.75 Å². The Morgan fingerprint density at radius 3 is 2.53 bits per heavy atom. The van der Waals surface area contributed by atoms with Gasteiger partial charge in [-0.2, -0.15) is 11.3 Å². The molecule has 90 valence electrons. The van der Waals surface area contributed by atoms with E-state index in [1.807, 2.05) is 41.1 Å². The van der Waals surface area contributed by atoms with E-state index in [0.29, 0.717) is 6.54 Å². The van der Waals surface area contributed by atoms with Crippen molar-refractivity contribution in [1.82, 2.24) is 0 Å². The van der Waals surface area contributed by atoms with Crippen molar-refractivity contribution >= 4 is 11.3 Å². The molecule has 0 amide bonds. The summed E-state index contributed by atoms with van der Waals surface area (Å²) in [6.07, 6.45) is -0.110. The molecule has 0 bridgehead atoms. The van der Waals surface area contributed by atoms with Crippen LogP contribution in [0.4, 0.5) is 0 Å². The van der Waals surface area contributed by atoms with Crippen molar-refractivity contribution in [2.24, 2.45) is 5.73 Å². The molecule has 0 radical (unpaired) electrons. The summed E-state index contributed by atoms with van der Waals surface area (Å²) in [5.74, 6) is 0.767. The van der Waals surface area contributed by atoms with Gasteiger partial charge in [-0.3, -0.25) is 0 Å². The molecule has 2 aromatic rings. The maximum atomic E-state index is 8.95. The van der Waals surface area contributed by atoms with E-state index in [2.05, 4.69) is 0 Å². The van der Waals surface area contributed by atoms with Crippen molar-refractivity contribution in [3.05, 3.63) is 52.2 Å². The van der Waals surface area contributed by atoms with Crippen LogP contribution in [-0.2, 0) is 6.61 Å². The second-order valence-electron chi connectivity index (χ2n) is 3.70. The lowest BCUT2D eigenvalue weighted by atomic mass is 10.2. The highest BCUT2D eigenvalue weighted by Gasteiger charge is 2.11. The fourth-order valence-electron chi connectivity index (χ4n) is 1.55. The molecule has 0 aliphatic heterocycles. The van der Waals surface area contributed by atoms with Crippen molar-refractivity contribution in [1.29, 1.82) is 0 Å². The maximum absolute atomic E-state index is 8.95. The molecule has 0 aliphatic carbocycles. The molecule has 0 saturated carbocycles. The van der Waals surface area contributed by atoms with Gasteiger partial charge in [0.2, 0.25) is 0 Å². The average Bonchev–Trinajstić information content (AvgIpc) is 2.90. The summed E-state index contributed by atoms with van der Waals surface area (Å²) in [5.41, 5.74) is 7.68. The second kappa shape index (κ2) is 5.82. The SMILES string of the molecule is NCC(Oc1ccc(CO)cc1)c1ccsc1. The highest BCUT2D eigenvalue weighted by atomic mass is 32.1. The third-order valence-corrected chi connectivity index (χ3v) is 3.21. The van der Waals surface area contributed by atoms with Crippen molar-refractivity contribution in [2.45, 2.75) is 12.7 Å². The minimum Gasteiger partial charge on any atom is -0.484 e. The maximum Gasteiger partial charge on any atom is 0.137 e. The van der Waals surface area contributed by atoms with E-state index < -0.39 is 0 Å². The fraction of sp³-hybridized carbons (Fsp3) is 0.231. The largest absolute Gasteiger partial charge is 0.484 e. The number of thiophene rings is 1. The zero-order valence-corrected chi connectivity index (χ0v) is 10.2. The van der Waals surface area contributed by atoms with Gasteiger partial charge in [0.15, 0.2) is 0 Å². The van der Waals surface area contributed by atoms with Crippen LogP contribution in [0.3, 0.4) is 0 Å². The molecule has 17 heavy (non-hydrogen) atoms. The topological polar surface area (TPSA) is 55.5 Å². The smallest absolute Gasteiger partial charge is 0.137 e. The predicted octanol–water partition coefficient (Wildman–Crippen LogP) is 2.32. The monoisotopic (exact) mass is 249 g/mol. The van der Waals surface area contributed by atoms with Crippen LogP contribution in [0.2, 0.25) is 0 Å². The zero-order valence-electron chi connectivity index (χ0n) is 9.37. The van der Waals surface area contributed by atoms with E-state index in [-0.39, 0.29) is 12.7 Å². The van der Waals surface area contributed by atoms with Gasteiger partial charge in [-0.1, -0.05) is 12.1 Å². The van der Waals surface area contributed by atoms with Crippen molar-refractivity contribution in [2.75, 3.05) is 6.54 Å². The number of hydrogen-bond acceptors (Lipinski definition) is 4. The molecule has 0 aliphatic rings. The van der Waals surface area contributed by atoms with Gasteiger partial charge in [-0.05, 0) is 34.5 Å². The number of aliphatic hydroxyl groups excluding tert-OH is 1. The normalized spacial score (nSPS) is 12.4. The lowest BCUT2D eigenvalue weighted by molar-refractivity contribution is 0.214. The van der Waals surface area contributed by atoms with E-state index in [1.165, 1.54) is 0 Å². The van der Waals surface area contributed by atoms with E-state index in [9.17, 15) is 0 Å². The Kier molecular flexibility index (Phi) is 4.14. The van der Waals surface area contributed by atoms with Crippen LogP contribution in [0.5, 0.6) is 5.75 Å².